The Hall–Kier alpha value is -1.30. The maximum absolute atomic E-state index is 13.4. The van der Waals surface area contributed by atoms with E-state index in [0.717, 1.165) is 6.07 Å². The maximum atomic E-state index is 13.4. The minimum atomic E-state index is -4.86. The Kier molecular flexibility index (Phi) is 2.30. The van der Waals surface area contributed by atoms with Crippen molar-refractivity contribution in [2.45, 2.75) is 19.5 Å². The molecule has 0 spiro atoms. The summed E-state index contributed by atoms with van der Waals surface area (Å²) in [5.41, 5.74) is 0.916. The second-order valence-electron chi connectivity index (χ2n) is 3.17. The van der Waals surface area contributed by atoms with Crippen molar-refractivity contribution in [3.8, 4) is 5.75 Å². The molecule has 1 aliphatic heterocycles. The molecule has 2 rings (SSSR count). The molecule has 0 atom stereocenters. The van der Waals surface area contributed by atoms with E-state index in [0.29, 0.717) is 12.1 Å². The summed E-state index contributed by atoms with van der Waals surface area (Å²) in [6.07, 6.45) is -4.86. The fraction of sp³-hybridized carbons (Fsp3) is 0.333. The molecule has 0 fully saturated rings. The van der Waals surface area contributed by atoms with Crippen molar-refractivity contribution in [2.24, 2.45) is 0 Å². The third kappa shape index (κ3) is 2.04. The molecule has 0 unspecified atom stereocenters. The highest BCUT2D eigenvalue weighted by molar-refractivity contribution is 5.39. The van der Waals surface area contributed by atoms with E-state index in [4.69, 9.17) is 0 Å². The predicted molar refractivity (Wildman–Crippen MR) is 43.6 cm³/mol. The third-order valence-electron chi connectivity index (χ3n) is 2.15. The predicted octanol–water partition coefficient (Wildman–Crippen LogP) is 2.33. The van der Waals surface area contributed by atoms with Crippen molar-refractivity contribution >= 4 is 0 Å². The Morgan fingerprint density at radius 3 is 2.60 bits per heavy atom. The molecule has 1 aromatic rings. The Balaban J connectivity index is 2.34. The zero-order valence-corrected chi connectivity index (χ0v) is 7.49. The van der Waals surface area contributed by atoms with Gasteiger partial charge in [0.15, 0.2) is 11.6 Å². The van der Waals surface area contributed by atoms with Gasteiger partial charge >= 0.3 is 6.36 Å². The molecule has 0 aliphatic carbocycles. The van der Waals surface area contributed by atoms with Crippen LogP contribution in [0.15, 0.2) is 12.1 Å². The first kappa shape index (κ1) is 10.2. The highest BCUT2D eigenvalue weighted by Gasteiger charge is 2.33. The van der Waals surface area contributed by atoms with Gasteiger partial charge in [-0.2, -0.15) is 0 Å². The number of halogens is 4. The van der Waals surface area contributed by atoms with Crippen LogP contribution in [0.1, 0.15) is 11.1 Å². The lowest BCUT2D eigenvalue weighted by Crippen LogP contribution is -2.18. The molecule has 6 heteroatoms. The summed E-state index contributed by atoms with van der Waals surface area (Å²) in [7, 11) is 0. The van der Waals surface area contributed by atoms with Gasteiger partial charge in [0, 0.05) is 18.7 Å². The monoisotopic (exact) mass is 221 g/mol. The molecule has 0 saturated carbocycles. The fourth-order valence-corrected chi connectivity index (χ4v) is 1.52. The first-order valence-corrected chi connectivity index (χ1v) is 4.24. The van der Waals surface area contributed by atoms with E-state index in [1.807, 2.05) is 0 Å². The van der Waals surface area contributed by atoms with Gasteiger partial charge in [0.25, 0.3) is 0 Å². The topological polar surface area (TPSA) is 21.3 Å². The summed E-state index contributed by atoms with van der Waals surface area (Å²) in [4.78, 5) is 0. The van der Waals surface area contributed by atoms with Gasteiger partial charge in [0.05, 0.1) is 0 Å². The molecule has 1 aliphatic rings. The lowest BCUT2D eigenvalue weighted by Gasteiger charge is -2.11. The van der Waals surface area contributed by atoms with E-state index in [1.165, 1.54) is 6.07 Å². The van der Waals surface area contributed by atoms with E-state index in [2.05, 4.69) is 10.1 Å². The Morgan fingerprint density at radius 2 is 1.93 bits per heavy atom. The van der Waals surface area contributed by atoms with Crippen molar-refractivity contribution < 1.29 is 22.3 Å². The molecule has 15 heavy (non-hydrogen) atoms. The van der Waals surface area contributed by atoms with E-state index < -0.39 is 17.9 Å². The normalized spacial score (nSPS) is 15.2. The molecule has 0 amide bonds. The SMILES string of the molecule is Fc1c(OC(F)(F)F)ccc2c1CNC2. The molecular formula is C9H7F4NO. The van der Waals surface area contributed by atoms with Crippen molar-refractivity contribution in [3.05, 3.63) is 29.1 Å². The molecule has 82 valence electrons. The van der Waals surface area contributed by atoms with Crippen LogP contribution in [0.2, 0.25) is 0 Å². The van der Waals surface area contributed by atoms with E-state index in [1.54, 1.807) is 0 Å². The minimum absolute atomic E-state index is 0.232. The highest BCUT2D eigenvalue weighted by Crippen LogP contribution is 2.30. The molecule has 0 saturated heterocycles. The number of hydrogen-bond donors (Lipinski definition) is 1. The number of alkyl halides is 3. The van der Waals surface area contributed by atoms with Gasteiger partial charge < -0.3 is 10.1 Å². The molecule has 2 nitrogen and oxygen atoms in total. The van der Waals surface area contributed by atoms with Crippen LogP contribution < -0.4 is 10.1 Å². The molecule has 0 bridgehead atoms. The fourth-order valence-electron chi connectivity index (χ4n) is 1.52. The first-order chi connectivity index (χ1) is 6.97. The molecular weight excluding hydrogens is 214 g/mol. The largest absolute Gasteiger partial charge is 0.573 e. The summed E-state index contributed by atoms with van der Waals surface area (Å²) >= 11 is 0. The number of ether oxygens (including phenoxy) is 1. The number of benzene rings is 1. The van der Waals surface area contributed by atoms with Crippen molar-refractivity contribution in [1.82, 2.24) is 5.32 Å². The van der Waals surface area contributed by atoms with E-state index >= 15 is 0 Å². The molecule has 1 N–H and O–H groups in total. The zero-order valence-electron chi connectivity index (χ0n) is 7.49. The van der Waals surface area contributed by atoms with Crippen molar-refractivity contribution in [2.75, 3.05) is 0 Å². The van der Waals surface area contributed by atoms with Gasteiger partial charge in [-0.25, -0.2) is 4.39 Å². The minimum Gasteiger partial charge on any atom is -0.403 e. The summed E-state index contributed by atoms with van der Waals surface area (Å²) < 4.78 is 52.6. The third-order valence-corrected chi connectivity index (χ3v) is 2.15. The van der Waals surface area contributed by atoms with Crippen LogP contribution in [0, 0.1) is 5.82 Å². The van der Waals surface area contributed by atoms with Gasteiger partial charge in [0.2, 0.25) is 0 Å². The number of hydrogen-bond acceptors (Lipinski definition) is 2. The van der Waals surface area contributed by atoms with Crippen LogP contribution in [-0.2, 0) is 13.1 Å². The van der Waals surface area contributed by atoms with Crippen LogP contribution in [0.5, 0.6) is 5.75 Å². The van der Waals surface area contributed by atoms with Gasteiger partial charge in [-0.05, 0) is 11.6 Å². The average molecular weight is 221 g/mol. The highest BCUT2D eigenvalue weighted by atomic mass is 19.4. The van der Waals surface area contributed by atoms with Gasteiger partial charge in [-0.3, -0.25) is 0 Å². The Labute approximate surface area is 82.8 Å². The standard InChI is InChI=1S/C9H7F4NO/c10-8-6-4-14-3-5(6)1-2-7(8)15-9(11,12)13/h1-2,14H,3-4H2. The van der Waals surface area contributed by atoms with Crippen LogP contribution in [0.3, 0.4) is 0 Å². The lowest BCUT2D eigenvalue weighted by molar-refractivity contribution is -0.275. The molecule has 0 aromatic heterocycles. The molecule has 1 heterocycles. The Morgan fingerprint density at radius 1 is 1.20 bits per heavy atom. The molecule has 0 radical (unpaired) electrons. The quantitative estimate of drug-likeness (QED) is 0.735. The van der Waals surface area contributed by atoms with Gasteiger partial charge in [0.1, 0.15) is 0 Å². The van der Waals surface area contributed by atoms with Gasteiger partial charge in [-0.1, -0.05) is 6.07 Å². The number of nitrogens with one attached hydrogen (secondary N) is 1. The summed E-state index contributed by atoms with van der Waals surface area (Å²) in [6.45, 7) is 0.703. The van der Waals surface area contributed by atoms with Crippen LogP contribution >= 0.6 is 0 Å². The molecule has 1 aromatic carbocycles. The van der Waals surface area contributed by atoms with Crippen LogP contribution in [0.4, 0.5) is 17.6 Å². The van der Waals surface area contributed by atoms with Crippen LogP contribution in [-0.4, -0.2) is 6.36 Å². The second kappa shape index (κ2) is 3.37. The summed E-state index contributed by atoms with van der Waals surface area (Å²) in [5, 5.41) is 2.84. The van der Waals surface area contributed by atoms with Crippen molar-refractivity contribution in [1.29, 1.82) is 0 Å². The average Bonchev–Trinajstić information content (AvgIpc) is 2.56. The Bertz CT molecular complexity index is 388. The first-order valence-electron chi connectivity index (χ1n) is 4.24. The second-order valence-corrected chi connectivity index (χ2v) is 3.17. The van der Waals surface area contributed by atoms with Crippen LogP contribution in [0.25, 0.3) is 0 Å². The van der Waals surface area contributed by atoms with E-state index in [9.17, 15) is 17.6 Å². The van der Waals surface area contributed by atoms with Gasteiger partial charge in [-0.15, -0.1) is 13.2 Å². The van der Waals surface area contributed by atoms with E-state index in [-0.39, 0.29) is 12.1 Å². The smallest absolute Gasteiger partial charge is 0.403 e. The maximum Gasteiger partial charge on any atom is 0.573 e. The summed E-state index contributed by atoms with van der Waals surface area (Å²) in [5.74, 6) is -1.71. The number of rotatable bonds is 1. The summed E-state index contributed by atoms with van der Waals surface area (Å²) in [6, 6.07) is 2.42. The number of fused-ring (bicyclic) bond motifs is 1. The van der Waals surface area contributed by atoms with Crippen molar-refractivity contribution in [3.63, 3.8) is 0 Å². The zero-order chi connectivity index (χ0) is 11.1. The lowest BCUT2D eigenvalue weighted by atomic mass is 10.1.